The van der Waals surface area contributed by atoms with Gasteiger partial charge in [-0.1, -0.05) is 0 Å². The molecule has 0 radical (unpaired) electrons. The van der Waals surface area contributed by atoms with Crippen molar-refractivity contribution in [3.05, 3.63) is 11.8 Å². The first-order chi connectivity index (χ1) is 5.56. The topological polar surface area (TPSA) is 75.3 Å². The van der Waals surface area contributed by atoms with Gasteiger partial charge >= 0.3 is 0 Å². The monoisotopic (exact) mass is 170 g/mol. The summed E-state index contributed by atoms with van der Waals surface area (Å²) in [5.74, 6) is -0.820. The Hall–Kier alpha value is -1.65. The summed E-state index contributed by atoms with van der Waals surface area (Å²) in [6.45, 7) is 2.88. The van der Waals surface area contributed by atoms with Gasteiger partial charge in [0.2, 0.25) is 12.3 Å². The van der Waals surface area contributed by atoms with E-state index in [0.29, 0.717) is 5.70 Å². The van der Waals surface area contributed by atoms with Crippen LogP contribution in [-0.2, 0) is 14.4 Å². The molecular weight excluding hydrogens is 160 g/mol. The molecule has 3 amide bonds. The van der Waals surface area contributed by atoms with Gasteiger partial charge in [0, 0.05) is 18.7 Å². The number of hydrogen-bond acceptors (Lipinski definition) is 3. The molecule has 5 nitrogen and oxygen atoms in total. The van der Waals surface area contributed by atoms with Gasteiger partial charge in [0.15, 0.2) is 0 Å². The van der Waals surface area contributed by atoms with Crippen molar-refractivity contribution < 1.29 is 14.4 Å². The number of allylic oxidation sites excluding steroid dienone is 1. The first-order valence-electron chi connectivity index (χ1n) is 3.26. The Bertz CT molecular complexity index is 233. The summed E-state index contributed by atoms with van der Waals surface area (Å²) in [4.78, 5) is 30.9. The van der Waals surface area contributed by atoms with Crippen molar-refractivity contribution in [2.75, 3.05) is 0 Å². The predicted molar refractivity (Wildman–Crippen MR) is 41.8 cm³/mol. The number of hydrogen-bond donors (Lipinski definition) is 2. The van der Waals surface area contributed by atoms with Crippen LogP contribution in [0.4, 0.5) is 0 Å². The first-order valence-corrected chi connectivity index (χ1v) is 3.26. The van der Waals surface area contributed by atoms with E-state index in [1.165, 1.54) is 6.92 Å². The quantitative estimate of drug-likeness (QED) is 0.434. The summed E-state index contributed by atoms with van der Waals surface area (Å²) in [5.41, 5.74) is 0.391. The molecule has 0 aliphatic carbocycles. The minimum atomic E-state index is -0.559. The van der Waals surface area contributed by atoms with Gasteiger partial charge in [0.05, 0.1) is 0 Å². The number of imide groups is 1. The zero-order valence-electron chi connectivity index (χ0n) is 6.88. The molecule has 0 rings (SSSR count). The average Bonchev–Trinajstić information content (AvgIpc) is 1.84. The SMILES string of the molecule is CC(=O)N/C(C)=C\C(=O)NC=O. The third-order valence-electron chi connectivity index (χ3n) is 0.922. The van der Waals surface area contributed by atoms with E-state index in [9.17, 15) is 14.4 Å². The summed E-state index contributed by atoms with van der Waals surface area (Å²) in [6.07, 6.45) is 1.40. The van der Waals surface area contributed by atoms with E-state index in [-0.39, 0.29) is 12.3 Å². The zero-order chi connectivity index (χ0) is 9.56. The second-order valence-electron chi connectivity index (χ2n) is 2.13. The Labute approximate surface area is 69.8 Å². The number of carbonyl (C=O) groups excluding carboxylic acids is 3. The second kappa shape index (κ2) is 5.06. The highest BCUT2D eigenvalue weighted by molar-refractivity contribution is 5.95. The summed E-state index contributed by atoms with van der Waals surface area (Å²) >= 11 is 0. The molecule has 0 aromatic rings. The van der Waals surface area contributed by atoms with Crippen LogP contribution in [0.5, 0.6) is 0 Å². The lowest BCUT2D eigenvalue weighted by atomic mass is 10.4. The molecule has 0 unspecified atom stereocenters. The molecule has 0 aliphatic heterocycles. The number of amides is 3. The van der Waals surface area contributed by atoms with Crippen molar-refractivity contribution in [1.29, 1.82) is 0 Å². The third kappa shape index (κ3) is 5.16. The van der Waals surface area contributed by atoms with Gasteiger partial charge < -0.3 is 5.32 Å². The molecule has 5 heteroatoms. The molecule has 0 saturated carbocycles. The maximum absolute atomic E-state index is 10.7. The molecule has 0 spiro atoms. The van der Waals surface area contributed by atoms with E-state index in [4.69, 9.17) is 0 Å². The van der Waals surface area contributed by atoms with Gasteiger partial charge in [-0.25, -0.2) is 0 Å². The summed E-state index contributed by atoms with van der Waals surface area (Å²) in [7, 11) is 0. The van der Waals surface area contributed by atoms with E-state index in [2.05, 4.69) is 5.32 Å². The van der Waals surface area contributed by atoms with Crippen LogP contribution >= 0.6 is 0 Å². The highest BCUT2D eigenvalue weighted by atomic mass is 16.2. The molecule has 0 fully saturated rings. The fourth-order valence-corrected chi connectivity index (χ4v) is 0.610. The second-order valence-corrected chi connectivity index (χ2v) is 2.13. The lowest BCUT2D eigenvalue weighted by Crippen LogP contribution is -2.23. The Morgan fingerprint density at radius 1 is 1.25 bits per heavy atom. The summed E-state index contributed by atoms with van der Waals surface area (Å²) in [5, 5.41) is 4.28. The van der Waals surface area contributed by atoms with Crippen molar-refractivity contribution >= 4 is 18.2 Å². The van der Waals surface area contributed by atoms with Crippen LogP contribution in [0, 0.1) is 0 Å². The van der Waals surface area contributed by atoms with Gasteiger partial charge in [0.1, 0.15) is 0 Å². The Morgan fingerprint density at radius 2 is 1.83 bits per heavy atom. The molecule has 0 aliphatic rings. The Morgan fingerprint density at radius 3 is 2.25 bits per heavy atom. The number of rotatable bonds is 3. The Kier molecular flexibility index (Phi) is 4.36. The van der Waals surface area contributed by atoms with Crippen LogP contribution in [0.25, 0.3) is 0 Å². The third-order valence-corrected chi connectivity index (χ3v) is 0.922. The molecule has 66 valence electrons. The van der Waals surface area contributed by atoms with E-state index >= 15 is 0 Å². The van der Waals surface area contributed by atoms with Crippen molar-refractivity contribution in [2.24, 2.45) is 0 Å². The molecule has 12 heavy (non-hydrogen) atoms. The van der Waals surface area contributed by atoms with Crippen LogP contribution < -0.4 is 10.6 Å². The molecule has 0 bridgehead atoms. The van der Waals surface area contributed by atoms with Crippen molar-refractivity contribution in [3.8, 4) is 0 Å². The van der Waals surface area contributed by atoms with Crippen LogP contribution in [0.2, 0.25) is 0 Å². The van der Waals surface area contributed by atoms with Gasteiger partial charge in [0.25, 0.3) is 5.91 Å². The summed E-state index contributed by atoms with van der Waals surface area (Å²) in [6, 6.07) is 0. The molecule has 0 heterocycles. The smallest absolute Gasteiger partial charge is 0.252 e. The van der Waals surface area contributed by atoms with Crippen molar-refractivity contribution in [2.45, 2.75) is 13.8 Å². The fraction of sp³-hybridized carbons (Fsp3) is 0.286. The maximum Gasteiger partial charge on any atom is 0.252 e. The highest BCUT2D eigenvalue weighted by Crippen LogP contribution is 1.84. The van der Waals surface area contributed by atoms with Gasteiger partial charge in [-0.2, -0.15) is 0 Å². The van der Waals surface area contributed by atoms with Crippen LogP contribution in [0.3, 0.4) is 0 Å². The van der Waals surface area contributed by atoms with E-state index in [1.54, 1.807) is 6.92 Å². The molecule has 2 N–H and O–H groups in total. The van der Waals surface area contributed by atoms with Crippen LogP contribution in [0.15, 0.2) is 11.8 Å². The molecular formula is C7H10N2O3. The lowest BCUT2D eigenvalue weighted by Gasteiger charge is -1.99. The minimum Gasteiger partial charge on any atom is -0.330 e. The first kappa shape index (κ1) is 10.3. The van der Waals surface area contributed by atoms with Crippen LogP contribution in [-0.4, -0.2) is 18.2 Å². The lowest BCUT2D eigenvalue weighted by molar-refractivity contribution is -0.121. The maximum atomic E-state index is 10.7. The number of carbonyl (C=O) groups is 3. The standard InChI is InChI=1S/C7H10N2O3/c1-5(9-6(2)11)3-7(12)8-4-10/h3-4H,1-2H3,(H,9,11)(H,8,10,12)/b5-3-. The molecule has 0 aromatic carbocycles. The van der Waals surface area contributed by atoms with E-state index in [1.807, 2.05) is 5.32 Å². The number of nitrogens with one attached hydrogen (secondary N) is 2. The summed E-state index contributed by atoms with van der Waals surface area (Å²) < 4.78 is 0. The van der Waals surface area contributed by atoms with Crippen molar-refractivity contribution in [1.82, 2.24) is 10.6 Å². The Balaban J connectivity index is 4.06. The predicted octanol–water partition coefficient (Wildman–Crippen LogP) is -0.701. The van der Waals surface area contributed by atoms with Crippen LogP contribution in [0.1, 0.15) is 13.8 Å². The van der Waals surface area contributed by atoms with Crippen molar-refractivity contribution in [3.63, 3.8) is 0 Å². The zero-order valence-corrected chi connectivity index (χ0v) is 6.88. The largest absolute Gasteiger partial charge is 0.330 e. The van der Waals surface area contributed by atoms with Gasteiger partial charge in [-0.15, -0.1) is 0 Å². The van der Waals surface area contributed by atoms with E-state index < -0.39 is 5.91 Å². The minimum absolute atomic E-state index is 0.261. The van der Waals surface area contributed by atoms with E-state index in [0.717, 1.165) is 6.08 Å². The van der Waals surface area contributed by atoms with Gasteiger partial charge in [-0.3, -0.25) is 19.7 Å². The highest BCUT2D eigenvalue weighted by Gasteiger charge is 1.96. The normalized spacial score (nSPS) is 10.3. The molecule has 0 aromatic heterocycles. The fourth-order valence-electron chi connectivity index (χ4n) is 0.610. The van der Waals surface area contributed by atoms with Gasteiger partial charge in [-0.05, 0) is 6.92 Å². The average molecular weight is 170 g/mol. The molecule has 0 saturated heterocycles. The molecule has 0 atom stereocenters.